The normalized spacial score (nSPS) is 25.3. The molecule has 0 aromatic heterocycles. The molecule has 1 heterocycles. The van der Waals surface area contributed by atoms with E-state index in [0.717, 1.165) is 19.5 Å². The number of nitrogens with one attached hydrogen (secondary N) is 1. The second-order valence-electron chi connectivity index (χ2n) is 4.87. The van der Waals surface area contributed by atoms with Gasteiger partial charge in [-0.25, -0.2) is 0 Å². The maximum atomic E-state index is 5.41. The van der Waals surface area contributed by atoms with Gasteiger partial charge in [0.2, 0.25) is 0 Å². The average molecular weight is 200 g/mol. The van der Waals surface area contributed by atoms with Crippen molar-refractivity contribution in [2.45, 2.75) is 38.8 Å². The second kappa shape index (κ2) is 5.10. The van der Waals surface area contributed by atoms with Crippen LogP contribution < -0.4 is 5.32 Å². The molecule has 0 aromatic carbocycles. The van der Waals surface area contributed by atoms with Crippen LogP contribution >= 0.6 is 0 Å². The number of methoxy groups -OCH3 is 1. The molecular formula is C11H24N2O. The van der Waals surface area contributed by atoms with E-state index in [1.807, 2.05) is 0 Å². The molecule has 0 bridgehead atoms. The largest absolute Gasteiger partial charge is 0.379 e. The van der Waals surface area contributed by atoms with Crippen LogP contribution in [0.3, 0.4) is 0 Å². The van der Waals surface area contributed by atoms with Gasteiger partial charge in [0.15, 0.2) is 0 Å². The monoisotopic (exact) mass is 200 g/mol. The fraction of sp³-hybridized carbons (Fsp3) is 1.00. The molecule has 0 radical (unpaired) electrons. The first-order chi connectivity index (χ1) is 6.53. The summed E-state index contributed by atoms with van der Waals surface area (Å²) in [5.74, 6) is 0. The zero-order valence-corrected chi connectivity index (χ0v) is 9.97. The molecule has 1 N–H and O–H groups in total. The van der Waals surface area contributed by atoms with E-state index in [9.17, 15) is 0 Å². The van der Waals surface area contributed by atoms with Crippen molar-refractivity contribution in [1.82, 2.24) is 10.2 Å². The molecule has 84 valence electrons. The highest BCUT2D eigenvalue weighted by molar-refractivity contribution is 4.77. The quantitative estimate of drug-likeness (QED) is 0.735. The summed E-state index contributed by atoms with van der Waals surface area (Å²) in [4.78, 5) is 2.52. The lowest BCUT2D eigenvalue weighted by molar-refractivity contribution is 0.00559. The van der Waals surface area contributed by atoms with Gasteiger partial charge in [-0.05, 0) is 27.2 Å². The third kappa shape index (κ3) is 3.95. The molecule has 3 heteroatoms. The maximum Gasteiger partial charge on any atom is 0.0634 e. The second-order valence-corrected chi connectivity index (χ2v) is 4.87. The van der Waals surface area contributed by atoms with Crippen molar-refractivity contribution < 1.29 is 4.74 Å². The van der Waals surface area contributed by atoms with Crippen LogP contribution in [0.5, 0.6) is 0 Å². The van der Waals surface area contributed by atoms with Crippen LogP contribution in [0.4, 0.5) is 0 Å². The fourth-order valence-corrected chi connectivity index (χ4v) is 1.74. The lowest BCUT2D eigenvalue weighted by atomic mass is 10.0. The summed E-state index contributed by atoms with van der Waals surface area (Å²) >= 11 is 0. The van der Waals surface area contributed by atoms with E-state index in [0.29, 0.717) is 6.04 Å². The van der Waals surface area contributed by atoms with Gasteiger partial charge in [-0.15, -0.1) is 0 Å². The van der Waals surface area contributed by atoms with Crippen molar-refractivity contribution in [3.63, 3.8) is 0 Å². The molecule has 1 rings (SSSR count). The summed E-state index contributed by atoms with van der Waals surface area (Å²) in [6.07, 6.45) is 1.11. The van der Waals surface area contributed by atoms with Gasteiger partial charge in [-0.3, -0.25) is 0 Å². The zero-order valence-electron chi connectivity index (χ0n) is 9.97. The first-order valence-electron chi connectivity index (χ1n) is 5.54. The number of rotatable bonds is 4. The Kier molecular flexibility index (Phi) is 4.35. The summed E-state index contributed by atoms with van der Waals surface area (Å²) in [6, 6.07) is 0.634. The van der Waals surface area contributed by atoms with Crippen molar-refractivity contribution >= 4 is 0 Å². The minimum atomic E-state index is 0.0219. The van der Waals surface area contributed by atoms with E-state index < -0.39 is 0 Å². The van der Waals surface area contributed by atoms with E-state index in [1.165, 1.54) is 13.1 Å². The molecule has 1 saturated heterocycles. The van der Waals surface area contributed by atoms with Crippen LogP contribution in [0.25, 0.3) is 0 Å². The third-order valence-electron chi connectivity index (χ3n) is 3.04. The van der Waals surface area contributed by atoms with Gasteiger partial charge >= 0.3 is 0 Å². The summed E-state index contributed by atoms with van der Waals surface area (Å²) in [6.45, 7) is 11.1. The standard InChI is InChI=1S/C11H24N2O/c1-10-9-13(8-6-12-10)7-5-11(2,3)14-4/h10,12H,5-9H2,1-4H3. The Morgan fingerprint density at radius 3 is 2.79 bits per heavy atom. The van der Waals surface area contributed by atoms with Gasteiger partial charge in [0.05, 0.1) is 5.60 Å². The lowest BCUT2D eigenvalue weighted by Crippen LogP contribution is -2.50. The van der Waals surface area contributed by atoms with Crippen LogP contribution in [0.1, 0.15) is 27.2 Å². The fourth-order valence-electron chi connectivity index (χ4n) is 1.74. The van der Waals surface area contributed by atoms with Crippen molar-refractivity contribution in [3.8, 4) is 0 Å². The smallest absolute Gasteiger partial charge is 0.0634 e. The molecule has 1 unspecified atom stereocenters. The number of hydrogen-bond donors (Lipinski definition) is 1. The van der Waals surface area contributed by atoms with E-state index >= 15 is 0 Å². The van der Waals surface area contributed by atoms with Crippen molar-refractivity contribution in [2.24, 2.45) is 0 Å². The molecule has 14 heavy (non-hydrogen) atoms. The molecule has 1 atom stereocenters. The van der Waals surface area contributed by atoms with Gasteiger partial charge in [-0.1, -0.05) is 0 Å². The van der Waals surface area contributed by atoms with Crippen molar-refractivity contribution in [2.75, 3.05) is 33.3 Å². The van der Waals surface area contributed by atoms with E-state index in [1.54, 1.807) is 7.11 Å². The molecule has 3 nitrogen and oxygen atoms in total. The van der Waals surface area contributed by atoms with Crippen molar-refractivity contribution in [3.05, 3.63) is 0 Å². The Labute approximate surface area is 87.8 Å². The third-order valence-corrected chi connectivity index (χ3v) is 3.04. The van der Waals surface area contributed by atoms with E-state index in [-0.39, 0.29) is 5.60 Å². The molecule has 0 aromatic rings. The Morgan fingerprint density at radius 1 is 1.50 bits per heavy atom. The molecular weight excluding hydrogens is 176 g/mol. The Hall–Kier alpha value is -0.120. The predicted octanol–water partition coefficient (Wildman–Crippen LogP) is 1.10. The zero-order chi connectivity index (χ0) is 10.6. The summed E-state index contributed by atoms with van der Waals surface area (Å²) in [5, 5.41) is 3.45. The van der Waals surface area contributed by atoms with E-state index in [4.69, 9.17) is 4.74 Å². The van der Waals surface area contributed by atoms with Gasteiger partial charge < -0.3 is 15.0 Å². The van der Waals surface area contributed by atoms with Gasteiger partial charge in [0.25, 0.3) is 0 Å². The Bertz CT molecular complexity index is 171. The van der Waals surface area contributed by atoms with Crippen LogP contribution in [0.15, 0.2) is 0 Å². The van der Waals surface area contributed by atoms with Crippen LogP contribution in [-0.2, 0) is 4.74 Å². The van der Waals surface area contributed by atoms with Crippen molar-refractivity contribution in [1.29, 1.82) is 0 Å². The molecule has 0 spiro atoms. The first kappa shape index (κ1) is 12.0. The molecule has 1 aliphatic rings. The highest BCUT2D eigenvalue weighted by Crippen LogP contribution is 2.14. The average Bonchev–Trinajstić information content (AvgIpc) is 2.15. The highest BCUT2D eigenvalue weighted by Gasteiger charge is 2.20. The number of hydrogen-bond acceptors (Lipinski definition) is 3. The lowest BCUT2D eigenvalue weighted by Gasteiger charge is -2.34. The van der Waals surface area contributed by atoms with Crippen LogP contribution in [-0.4, -0.2) is 49.8 Å². The topological polar surface area (TPSA) is 24.5 Å². The van der Waals surface area contributed by atoms with Crippen LogP contribution in [0, 0.1) is 0 Å². The SMILES string of the molecule is COC(C)(C)CCN1CCNC(C)C1. The Morgan fingerprint density at radius 2 is 2.21 bits per heavy atom. The Balaban J connectivity index is 2.23. The molecule has 0 saturated carbocycles. The minimum Gasteiger partial charge on any atom is -0.379 e. The van der Waals surface area contributed by atoms with E-state index in [2.05, 4.69) is 31.0 Å². The number of ether oxygens (including phenoxy) is 1. The molecule has 0 amide bonds. The van der Waals surface area contributed by atoms with Gasteiger partial charge in [-0.2, -0.15) is 0 Å². The van der Waals surface area contributed by atoms with Gasteiger partial charge in [0, 0.05) is 39.3 Å². The number of nitrogens with zero attached hydrogens (tertiary/aromatic N) is 1. The summed E-state index contributed by atoms with van der Waals surface area (Å²) < 4.78 is 5.41. The maximum absolute atomic E-state index is 5.41. The number of piperazine rings is 1. The predicted molar refractivity (Wildman–Crippen MR) is 59.6 cm³/mol. The molecule has 1 aliphatic heterocycles. The van der Waals surface area contributed by atoms with Crippen LogP contribution in [0.2, 0.25) is 0 Å². The molecule has 0 aliphatic carbocycles. The summed E-state index contributed by atoms with van der Waals surface area (Å²) in [7, 11) is 1.79. The first-order valence-corrected chi connectivity index (χ1v) is 5.54. The molecule has 1 fully saturated rings. The minimum absolute atomic E-state index is 0.0219. The highest BCUT2D eigenvalue weighted by atomic mass is 16.5. The van der Waals surface area contributed by atoms with Gasteiger partial charge in [0.1, 0.15) is 0 Å². The summed E-state index contributed by atoms with van der Waals surface area (Å²) in [5.41, 5.74) is 0.0219.